The van der Waals surface area contributed by atoms with E-state index in [1.54, 1.807) is 0 Å². The quantitative estimate of drug-likeness (QED) is 0.880. The molecule has 2 heterocycles. The van der Waals surface area contributed by atoms with Crippen LogP contribution in [0.25, 0.3) is 0 Å². The summed E-state index contributed by atoms with van der Waals surface area (Å²) in [6, 6.07) is 11.4. The second kappa shape index (κ2) is 5.04. The van der Waals surface area contributed by atoms with Crippen molar-refractivity contribution >= 4 is 5.69 Å². The van der Waals surface area contributed by atoms with E-state index in [1.165, 1.54) is 28.8 Å². The summed E-state index contributed by atoms with van der Waals surface area (Å²) in [7, 11) is 0. The Labute approximate surface area is 114 Å². The van der Waals surface area contributed by atoms with Crippen molar-refractivity contribution in [2.45, 2.75) is 38.6 Å². The van der Waals surface area contributed by atoms with Crippen LogP contribution in [0.3, 0.4) is 0 Å². The Morgan fingerprint density at radius 3 is 3.00 bits per heavy atom. The summed E-state index contributed by atoms with van der Waals surface area (Å²) >= 11 is 0. The molecule has 1 aliphatic rings. The molecule has 0 fully saturated rings. The van der Waals surface area contributed by atoms with Crippen LogP contribution < -0.4 is 5.32 Å². The summed E-state index contributed by atoms with van der Waals surface area (Å²) in [4.78, 5) is 4.21. The van der Waals surface area contributed by atoms with E-state index in [0.29, 0.717) is 12.0 Å². The SMILES string of the molecule is CCC(C)c1ccc2c(c1)CC(c1cccnc1)N2. The van der Waals surface area contributed by atoms with Crippen molar-refractivity contribution < 1.29 is 0 Å². The summed E-state index contributed by atoms with van der Waals surface area (Å²) in [5, 5.41) is 3.59. The molecule has 19 heavy (non-hydrogen) atoms. The molecule has 1 aromatic heterocycles. The molecule has 0 saturated heterocycles. The molecule has 2 unspecified atom stereocenters. The average molecular weight is 252 g/mol. The highest BCUT2D eigenvalue weighted by molar-refractivity contribution is 5.59. The van der Waals surface area contributed by atoms with E-state index < -0.39 is 0 Å². The van der Waals surface area contributed by atoms with Crippen molar-refractivity contribution in [1.82, 2.24) is 4.98 Å². The molecular formula is C17H20N2. The van der Waals surface area contributed by atoms with E-state index in [0.717, 1.165) is 6.42 Å². The van der Waals surface area contributed by atoms with Crippen LogP contribution in [0.5, 0.6) is 0 Å². The molecule has 0 radical (unpaired) electrons. The minimum atomic E-state index is 0.371. The molecule has 0 bridgehead atoms. The van der Waals surface area contributed by atoms with Crippen LogP contribution in [0.15, 0.2) is 42.7 Å². The van der Waals surface area contributed by atoms with Crippen molar-refractivity contribution in [2.24, 2.45) is 0 Å². The van der Waals surface area contributed by atoms with Gasteiger partial charge in [0.2, 0.25) is 0 Å². The average Bonchev–Trinajstić information content (AvgIpc) is 2.90. The van der Waals surface area contributed by atoms with E-state index in [9.17, 15) is 0 Å². The van der Waals surface area contributed by atoms with Crippen LogP contribution in [0.4, 0.5) is 5.69 Å². The largest absolute Gasteiger partial charge is 0.378 e. The number of anilines is 1. The van der Waals surface area contributed by atoms with E-state index in [-0.39, 0.29) is 0 Å². The highest BCUT2D eigenvalue weighted by atomic mass is 15.0. The number of aromatic nitrogens is 1. The number of pyridine rings is 1. The van der Waals surface area contributed by atoms with Gasteiger partial charge in [0.1, 0.15) is 0 Å². The molecule has 1 aromatic carbocycles. The van der Waals surface area contributed by atoms with Gasteiger partial charge in [0, 0.05) is 18.1 Å². The van der Waals surface area contributed by atoms with Crippen LogP contribution in [0.1, 0.15) is 48.9 Å². The number of benzene rings is 1. The maximum Gasteiger partial charge on any atom is 0.0570 e. The first-order chi connectivity index (χ1) is 9.28. The van der Waals surface area contributed by atoms with Crippen molar-refractivity contribution in [2.75, 3.05) is 5.32 Å². The number of hydrogen-bond acceptors (Lipinski definition) is 2. The summed E-state index contributed by atoms with van der Waals surface area (Å²) in [5.74, 6) is 0.641. The predicted molar refractivity (Wildman–Crippen MR) is 79.5 cm³/mol. The lowest BCUT2D eigenvalue weighted by Gasteiger charge is -2.11. The molecule has 2 heteroatoms. The van der Waals surface area contributed by atoms with Gasteiger partial charge < -0.3 is 5.32 Å². The number of nitrogens with one attached hydrogen (secondary N) is 1. The maximum atomic E-state index is 4.21. The number of rotatable bonds is 3. The van der Waals surface area contributed by atoms with Gasteiger partial charge in [-0.25, -0.2) is 0 Å². The lowest BCUT2D eigenvalue weighted by Crippen LogP contribution is -2.05. The maximum absolute atomic E-state index is 4.21. The van der Waals surface area contributed by atoms with Gasteiger partial charge in [0.05, 0.1) is 6.04 Å². The molecule has 0 saturated carbocycles. The monoisotopic (exact) mass is 252 g/mol. The molecule has 2 nitrogen and oxygen atoms in total. The zero-order valence-electron chi connectivity index (χ0n) is 11.6. The van der Waals surface area contributed by atoms with Gasteiger partial charge in [0.15, 0.2) is 0 Å². The summed E-state index contributed by atoms with van der Waals surface area (Å²) in [5.41, 5.74) is 5.44. The van der Waals surface area contributed by atoms with E-state index in [1.807, 2.05) is 18.5 Å². The lowest BCUT2D eigenvalue weighted by atomic mass is 9.95. The third-order valence-electron chi connectivity index (χ3n) is 4.15. The van der Waals surface area contributed by atoms with Crippen LogP contribution in [-0.4, -0.2) is 4.98 Å². The third-order valence-corrected chi connectivity index (χ3v) is 4.15. The second-order valence-corrected chi connectivity index (χ2v) is 5.41. The van der Waals surface area contributed by atoms with Crippen molar-refractivity contribution in [3.63, 3.8) is 0 Å². The Balaban J connectivity index is 1.84. The van der Waals surface area contributed by atoms with Gasteiger partial charge in [0.25, 0.3) is 0 Å². The molecule has 98 valence electrons. The van der Waals surface area contributed by atoms with Gasteiger partial charge in [-0.2, -0.15) is 0 Å². The highest BCUT2D eigenvalue weighted by Crippen LogP contribution is 2.35. The van der Waals surface area contributed by atoms with Gasteiger partial charge in [-0.1, -0.05) is 32.0 Å². The number of fused-ring (bicyclic) bond motifs is 1. The molecule has 2 atom stereocenters. The first-order valence-electron chi connectivity index (χ1n) is 7.07. The smallest absolute Gasteiger partial charge is 0.0570 e. The summed E-state index contributed by atoms with van der Waals surface area (Å²) in [6.07, 6.45) is 6.04. The van der Waals surface area contributed by atoms with Gasteiger partial charge in [-0.05, 0) is 47.6 Å². The normalized spacial score (nSPS) is 18.7. The van der Waals surface area contributed by atoms with Crippen molar-refractivity contribution in [3.8, 4) is 0 Å². The highest BCUT2D eigenvalue weighted by Gasteiger charge is 2.22. The predicted octanol–water partition coefficient (Wildman–Crippen LogP) is 4.30. The molecule has 1 aliphatic heterocycles. The van der Waals surface area contributed by atoms with Gasteiger partial charge in [-0.3, -0.25) is 4.98 Å². The summed E-state index contributed by atoms with van der Waals surface area (Å²) in [6.45, 7) is 4.54. The van der Waals surface area contributed by atoms with Gasteiger partial charge >= 0.3 is 0 Å². The molecule has 0 spiro atoms. The fraction of sp³-hybridized carbons (Fsp3) is 0.353. The van der Waals surface area contributed by atoms with Crippen LogP contribution in [0, 0.1) is 0 Å². The van der Waals surface area contributed by atoms with Gasteiger partial charge in [-0.15, -0.1) is 0 Å². The summed E-state index contributed by atoms with van der Waals surface area (Å²) < 4.78 is 0. The zero-order valence-corrected chi connectivity index (χ0v) is 11.6. The Kier molecular flexibility index (Phi) is 3.24. The van der Waals surface area contributed by atoms with E-state index in [4.69, 9.17) is 0 Å². The molecule has 1 N–H and O–H groups in total. The van der Waals surface area contributed by atoms with Crippen LogP contribution >= 0.6 is 0 Å². The van der Waals surface area contributed by atoms with Crippen LogP contribution in [-0.2, 0) is 6.42 Å². The number of hydrogen-bond donors (Lipinski definition) is 1. The van der Waals surface area contributed by atoms with Crippen molar-refractivity contribution in [3.05, 3.63) is 59.4 Å². The molecule has 0 amide bonds. The Hall–Kier alpha value is -1.83. The van der Waals surface area contributed by atoms with E-state index >= 15 is 0 Å². The van der Waals surface area contributed by atoms with Crippen molar-refractivity contribution in [1.29, 1.82) is 0 Å². The minimum Gasteiger partial charge on any atom is -0.378 e. The standard InChI is InChI=1S/C17H20N2/c1-3-12(2)13-6-7-16-15(9-13)10-17(19-16)14-5-4-8-18-11-14/h4-9,11-12,17,19H,3,10H2,1-2H3. The Bertz CT molecular complexity index is 563. The first-order valence-corrected chi connectivity index (χ1v) is 7.07. The van der Waals surface area contributed by atoms with Crippen LogP contribution in [0.2, 0.25) is 0 Å². The Morgan fingerprint density at radius 1 is 1.37 bits per heavy atom. The lowest BCUT2D eigenvalue weighted by molar-refractivity contribution is 0.731. The number of nitrogens with zero attached hydrogens (tertiary/aromatic N) is 1. The topological polar surface area (TPSA) is 24.9 Å². The fourth-order valence-electron chi connectivity index (χ4n) is 2.71. The second-order valence-electron chi connectivity index (χ2n) is 5.41. The molecule has 3 rings (SSSR count). The molecular weight excluding hydrogens is 232 g/mol. The minimum absolute atomic E-state index is 0.371. The first kappa shape index (κ1) is 12.2. The fourth-order valence-corrected chi connectivity index (χ4v) is 2.71. The van der Waals surface area contributed by atoms with E-state index in [2.05, 4.69) is 48.4 Å². The molecule has 0 aliphatic carbocycles. The zero-order chi connectivity index (χ0) is 13.2. The third kappa shape index (κ3) is 2.35. The molecule has 2 aromatic rings. The Morgan fingerprint density at radius 2 is 2.26 bits per heavy atom.